The third-order valence-corrected chi connectivity index (χ3v) is 3.04. The topological polar surface area (TPSA) is 73.1 Å². The predicted octanol–water partition coefficient (Wildman–Crippen LogP) is 3.03. The maximum atomic E-state index is 12.2. The van der Waals surface area contributed by atoms with Crippen LogP contribution in [0.3, 0.4) is 0 Å². The molecule has 102 valence electrons. The number of pyridine rings is 1. The first-order valence-electron chi connectivity index (χ1n) is 6.17. The normalized spacial score (nSPS) is 10.3. The lowest BCUT2D eigenvalue weighted by Crippen LogP contribution is -2.07. The van der Waals surface area contributed by atoms with Gasteiger partial charge in [0.2, 0.25) is 0 Å². The Morgan fingerprint density at radius 2 is 2.00 bits per heavy atom. The van der Waals surface area contributed by atoms with Crippen LogP contribution in [0.2, 0.25) is 0 Å². The van der Waals surface area contributed by atoms with Crippen LogP contribution in [0.25, 0.3) is 0 Å². The van der Waals surface area contributed by atoms with Crippen molar-refractivity contribution < 1.29 is 9.72 Å². The maximum absolute atomic E-state index is 12.2. The number of nitro groups is 1. The highest BCUT2D eigenvalue weighted by atomic mass is 16.6. The summed E-state index contributed by atoms with van der Waals surface area (Å²) in [5.74, 6) is -0.0891. The van der Waals surface area contributed by atoms with E-state index in [4.69, 9.17) is 0 Å². The summed E-state index contributed by atoms with van der Waals surface area (Å²) < 4.78 is 0. The van der Waals surface area contributed by atoms with Crippen molar-refractivity contribution >= 4 is 11.5 Å². The smallest absolute Gasteiger partial charge is 0.269 e. The Hall–Kier alpha value is -2.56. The number of hydrogen-bond acceptors (Lipinski definition) is 4. The van der Waals surface area contributed by atoms with E-state index in [1.807, 2.05) is 19.1 Å². The van der Waals surface area contributed by atoms with Crippen molar-refractivity contribution in [2.24, 2.45) is 0 Å². The molecule has 0 saturated carbocycles. The molecule has 0 amide bonds. The zero-order valence-corrected chi connectivity index (χ0v) is 11.3. The average molecular weight is 270 g/mol. The summed E-state index contributed by atoms with van der Waals surface area (Å²) >= 11 is 0. The van der Waals surface area contributed by atoms with E-state index in [0.29, 0.717) is 16.8 Å². The van der Waals surface area contributed by atoms with Gasteiger partial charge in [0.05, 0.1) is 11.3 Å². The molecular formula is C15H14N2O3. The van der Waals surface area contributed by atoms with Gasteiger partial charge in [-0.2, -0.15) is 0 Å². The molecule has 5 heteroatoms. The minimum atomic E-state index is -0.469. The Balaban J connectivity index is 2.21. The van der Waals surface area contributed by atoms with Crippen molar-refractivity contribution in [3.05, 3.63) is 69.0 Å². The summed E-state index contributed by atoms with van der Waals surface area (Å²) in [5.41, 5.74) is 2.83. The molecule has 0 N–H and O–H groups in total. The van der Waals surface area contributed by atoms with Crippen LogP contribution in [0.4, 0.5) is 5.69 Å². The van der Waals surface area contributed by atoms with E-state index >= 15 is 0 Å². The minimum absolute atomic E-state index is 0.00693. The molecule has 0 unspecified atom stereocenters. The molecule has 0 bridgehead atoms. The molecule has 0 spiro atoms. The lowest BCUT2D eigenvalue weighted by Gasteiger charge is -2.05. The SMILES string of the molecule is Cc1ccc(CC(=O)c2ccc([N+](=O)[O-])cc2C)nc1. The fourth-order valence-electron chi connectivity index (χ4n) is 1.94. The lowest BCUT2D eigenvalue weighted by molar-refractivity contribution is -0.384. The monoisotopic (exact) mass is 270 g/mol. The molecule has 1 aromatic heterocycles. The fraction of sp³-hybridized carbons (Fsp3) is 0.200. The van der Waals surface area contributed by atoms with Crippen LogP contribution in [0.1, 0.15) is 27.2 Å². The Morgan fingerprint density at radius 1 is 1.25 bits per heavy atom. The van der Waals surface area contributed by atoms with Crippen molar-refractivity contribution in [3.63, 3.8) is 0 Å². The third-order valence-electron chi connectivity index (χ3n) is 3.04. The van der Waals surface area contributed by atoms with Crippen LogP contribution >= 0.6 is 0 Å². The molecular weight excluding hydrogens is 256 g/mol. The van der Waals surface area contributed by atoms with Crippen molar-refractivity contribution in [2.45, 2.75) is 20.3 Å². The number of rotatable bonds is 4. The summed E-state index contributed by atoms with van der Waals surface area (Å²) in [6, 6.07) is 7.98. The van der Waals surface area contributed by atoms with E-state index in [1.165, 1.54) is 18.2 Å². The standard InChI is InChI=1S/C15H14N2O3/c1-10-3-4-12(16-9-10)8-15(18)14-6-5-13(17(19)20)7-11(14)2/h3-7,9H,8H2,1-2H3. The van der Waals surface area contributed by atoms with Crippen molar-refractivity contribution in [1.29, 1.82) is 0 Å². The number of ketones is 1. The summed E-state index contributed by atoms with van der Waals surface area (Å²) in [6.45, 7) is 3.63. The van der Waals surface area contributed by atoms with Gasteiger partial charge in [-0.05, 0) is 37.1 Å². The van der Waals surface area contributed by atoms with Gasteiger partial charge < -0.3 is 0 Å². The van der Waals surface area contributed by atoms with Crippen LogP contribution in [-0.2, 0) is 6.42 Å². The van der Waals surface area contributed by atoms with Crippen LogP contribution in [-0.4, -0.2) is 15.7 Å². The summed E-state index contributed by atoms with van der Waals surface area (Å²) in [7, 11) is 0. The van der Waals surface area contributed by atoms with Gasteiger partial charge in [-0.3, -0.25) is 19.9 Å². The molecule has 20 heavy (non-hydrogen) atoms. The molecule has 0 fully saturated rings. The third kappa shape index (κ3) is 3.06. The van der Waals surface area contributed by atoms with Gasteiger partial charge in [0.1, 0.15) is 0 Å². The van der Waals surface area contributed by atoms with E-state index in [0.717, 1.165) is 5.56 Å². The number of Topliss-reactive ketones (excluding diaryl/α,β-unsaturated/α-hetero) is 1. The van der Waals surface area contributed by atoms with Gasteiger partial charge in [-0.1, -0.05) is 6.07 Å². The molecule has 0 aliphatic heterocycles. The Bertz CT molecular complexity index is 663. The zero-order valence-electron chi connectivity index (χ0n) is 11.3. The highest BCUT2D eigenvalue weighted by molar-refractivity contribution is 5.98. The molecule has 0 saturated heterocycles. The number of aryl methyl sites for hydroxylation is 2. The summed E-state index contributed by atoms with van der Waals surface area (Å²) in [5, 5.41) is 10.7. The molecule has 2 aromatic rings. The Labute approximate surface area is 116 Å². The molecule has 0 aliphatic rings. The van der Waals surface area contributed by atoms with E-state index < -0.39 is 4.92 Å². The average Bonchev–Trinajstić information content (AvgIpc) is 2.41. The first-order valence-corrected chi connectivity index (χ1v) is 6.17. The number of hydrogen-bond donors (Lipinski definition) is 0. The zero-order chi connectivity index (χ0) is 14.7. The quantitative estimate of drug-likeness (QED) is 0.486. The Morgan fingerprint density at radius 3 is 2.55 bits per heavy atom. The number of carbonyl (C=O) groups excluding carboxylic acids is 1. The summed E-state index contributed by atoms with van der Waals surface area (Å²) in [6.07, 6.45) is 1.91. The van der Waals surface area contributed by atoms with Gasteiger partial charge in [0, 0.05) is 29.6 Å². The van der Waals surface area contributed by atoms with Crippen LogP contribution < -0.4 is 0 Å². The van der Waals surface area contributed by atoms with E-state index in [1.54, 1.807) is 13.1 Å². The van der Waals surface area contributed by atoms with Crippen molar-refractivity contribution in [1.82, 2.24) is 4.98 Å². The van der Waals surface area contributed by atoms with Gasteiger partial charge in [0.25, 0.3) is 5.69 Å². The largest absolute Gasteiger partial charge is 0.294 e. The first kappa shape index (κ1) is 13.9. The number of nitro benzene ring substituents is 1. The molecule has 5 nitrogen and oxygen atoms in total. The van der Waals surface area contributed by atoms with Crippen LogP contribution in [0, 0.1) is 24.0 Å². The van der Waals surface area contributed by atoms with Gasteiger partial charge in [-0.15, -0.1) is 0 Å². The number of benzene rings is 1. The predicted molar refractivity (Wildman–Crippen MR) is 74.8 cm³/mol. The van der Waals surface area contributed by atoms with E-state index in [9.17, 15) is 14.9 Å². The number of carbonyl (C=O) groups is 1. The molecule has 0 atom stereocenters. The molecule has 0 aliphatic carbocycles. The van der Waals surface area contributed by atoms with Gasteiger partial charge >= 0.3 is 0 Å². The first-order chi connectivity index (χ1) is 9.47. The molecule has 2 rings (SSSR count). The van der Waals surface area contributed by atoms with Crippen molar-refractivity contribution in [3.8, 4) is 0 Å². The van der Waals surface area contributed by atoms with Crippen LogP contribution in [0.5, 0.6) is 0 Å². The molecule has 1 heterocycles. The molecule has 1 aromatic carbocycles. The minimum Gasteiger partial charge on any atom is -0.294 e. The highest BCUT2D eigenvalue weighted by Gasteiger charge is 2.14. The van der Waals surface area contributed by atoms with Crippen LogP contribution in [0.15, 0.2) is 36.5 Å². The fourth-order valence-corrected chi connectivity index (χ4v) is 1.94. The maximum Gasteiger partial charge on any atom is 0.269 e. The van der Waals surface area contributed by atoms with Gasteiger partial charge in [0.15, 0.2) is 5.78 Å². The lowest BCUT2D eigenvalue weighted by atomic mass is 10.0. The second-order valence-electron chi connectivity index (χ2n) is 4.68. The highest BCUT2D eigenvalue weighted by Crippen LogP contribution is 2.18. The van der Waals surface area contributed by atoms with Gasteiger partial charge in [-0.25, -0.2) is 0 Å². The van der Waals surface area contributed by atoms with E-state index in [-0.39, 0.29) is 17.9 Å². The second-order valence-corrected chi connectivity index (χ2v) is 4.68. The van der Waals surface area contributed by atoms with E-state index in [2.05, 4.69) is 4.98 Å². The number of non-ortho nitro benzene ring substituents is 1. The molecule has 0 radical (unpaired) electrons. The van der Waals surface area contributed by atoms with Crippen molar-refractivity contribution in [2.75, 3.05) is 0 Å². The Kier molecular flexibility index (Phi) is 3.89. The second kappa shape index (κ2) is 5.61. The number of nitrogens with zero attached hydrogens (tertiary/aromatic N) is 2. The summed E-state index contributed by atoms with van der Waals surface area (Å²) in [4.78, 5) is 26.6. The number of aromatic nitrogens is 1.